The molecule has 1 aromatic heterocycles. The highest BCUT2D eigenvalue weighted by atomic mass is 16.5. The van der Waals surface area contributed by atoms with E-state index in [-0.39, 0.29) is 17.0 Å². The highest BCUT2D eigenvalue weighted by Crippen LogP contribution is 2.20. The van der Waals surface area contributed by atoms with Crippen molar-refractivity contribution in [3.05, 3.63) is 75.2 Å². The maximum atomic E-state index is 13.4. The topological polar surface area (TPSA) is 80.6 Å². The van der Waals surface area contributed by atoms with E-state index in [1.807, 2.05) is 24.3 Å². The van der Waals surface area contributed by atoms with E-state index in [1.54, 1.807) is 29.0 Å². The Balaban J connectivity index is 1.61. The fourth-order valence-corrected chi connectivity index (χ4v) is 5.07. The van der Waals surface area contributed by atoms with Crippen LogP contribution in [0.1, 0.15) is 84.1 Å². The molecule has 1 saturated heterocycles. The minimum atomic E-state index is -0.505. The number of likely N-dealkylation sites (tertiary alicyclic amines) is 1. The molecule has 0 radical (unpaired) electrons. The van der Waals surface area contributed by atoms with Crippen molar-refractivity contribution in [2.75, 3.05) is 26.7 Å². The fourth-order valence-electron chi connectivity index (χ4n) is 5.07. The number of amides is 2. The number of ether oxygens (including phenoxy) is 1. The number of methoxy groups -OCH3 is 1. The summed E-state index contributed by atoms with van der Waals surface area (Å²) in [6, 6.07) is 7.61. The first-order chi connectivity index (χ1) is 17.6. The molecule has 1 aliphatic carbocycles. The number of para-hydroxylation sites is 1. The summed E-state index contributed by atoms with van der Waals surface area (Å²) in [5.74, 6) is -0.0169. The fraction of sp³-hybridized carbons (Fsp3) is 0.483. The minimum absolute atomic E-state index is 0.00296. The van der Waals surface area contributed by atoms with Crippen molar-refractivity contribution < 1.29 is 14.3 Å². The predicted molar refractivity (Wildman–Crippen MR) is 141 cm³/mol. The number of rotatable bonds is 8. The number of carbonyl (C=O) groups is 2. The van der Waals surface area contributed by atoms with Crippen LogP contribution < -0.4 is 15.5 Å². The molecule has 1 aliphatic heterocycles. The summed E-state index contributed by atoms with van der Waals surface area (Å²) in [5.41, 5.74) is 1.81. The third kappa shape index (κ3) is 6.45. The Morgan fingerprint density at radius 1 is 0.972 bits per heavy atom. The van der Waals surface area contributed by atoms with E-state index in [0.29, 0.717) is 31.9 Å². The van der Waals surface area contributed by atoms with Crippen molar-refractivity contribution in [1.29, 1.82) is 0 Å². The Hall–Kier alpha value is -3.35. The monoisotopic (exact) mass is 491 g/mol. The summed E-state index contributed by atoms with van der Waals surface area (Å²) in [4.78, 5) is 41.8. The molecule has 0 unspecified atom stereocenters. The predicted octanol–water partition coefficient (Wildman–Crippen LogP) is 4.54. The molecule has 7 heteroatoms. The van der Waals surface area contributed by atoms with Crippen LogP contribution in [0.25, 0.3) is 0 Å². The smallest absolute Gasteiger partial charge is 0.259 e. The molecule has 0 bridgehead atoms. The zero-order chi connectivity index (χ0) is 25.3. The van der Waals surface area contributed by atoms with Gasteiger partial charge >= 0.3 is 0 Å². The lowest BCUT2D eigenvalue weighted by Gasteiger charge is -2.21. The first-order valence-corrected chi connectivity index (χ1v) is 13.2. The molecule has 1 N–H and O–H groups in total. The Bertz CT molecular complexity index is 1160. The van der Waals surface area contributed by atoms with Gasteiger partial charge in [-0.3, -0.25) is 14.4 Å². The number of hydrogen-bond donors (Lipinski definition) is 1. The quantitative estimate of drug-likeness (QED) is 0.550. The van der Waals surface area contributed by atoms with Crippen molar-refractivity contribution in [1.82, 2.24) is 14.8 Å². The van der Waals surface area contributed by atoms with E-state index in [9.17, 15) is 14.4 Å². The van der Waals surface area contributed by atoms with Gasteiger partial charge in [0, 0.05) is 37.6 Å². The molecule has 4 rings (SSSR count). The Kier molecular flexibility index (Phi) is 8.98. The van der Waals surface area contributed by atoms with E-state index in [4.69, 9.17) is 4.74 Å². The van der Waals surface area contributed by atoms with Crippen LogP contribution in [0.15, 0.2) is 53.1 Å². The van der Waals surface area contributed by atoms with Crippen molar-refractivity contribution in [2.45, 2.75) is 64.3 Å². The van der Waals surface area contributed by atoms with Gasteiger partial charge in [0.1, 0.15) is 16.9 Å². The number of aromatic nitrogens is 1. The van der Waals surface area contributed by atoms with E-state index < -0.39 is 11.3 Å². The third-order valence-corrected chi connectivity index (χ3v) is 7.11. The molecule has 2 aromatic rings. The molecule has 0 saturated carbocycles. The largest absolute Gasteiger partial charge is 0.496 e. The van der Waals surface area contributed by atoms with E-state index in [1.165, 1.54) is 18.4 Å². The summed E-state index contributed by atoms with van der Waals surface area (Å²) >= 11 is 0. The summed E-state index contributed by atoms with van der Waals surface area (Å²) in [6.07, 6.45) is 14.8. The van der Waals surface area contributed by atoms with Crippen LogP contribution in [0.5, 0.6) is 5.75 Å². The molecule has 0 spiro atoms. The SMILES string of the molecule is COc1ccccc1Cn1cc(C(=O)NCCC2=CCCCC2)c(=O)c(C(=O)N2CCCCCC2)c1. The number of benzene rings is 1. The first-order valence-electron chi connectivity index (χ1n) is 13.2. The molecule has 2 aliphatic rings. The zero-order valence-corrected chi connectivity index (χ0v) is 21.3. The Labute approximate surface area is 213 Å². The lowest BCUT2D eigenvalue weighted by molar-refractivity contribution is 0.0759. The van der Waals surface area contributed by atoms with Gasteiger partial charge in [0.25, 0.3) is 11.8 Å². The van der Waals surface area contributed by atoms with Gasteiger partial charge in [-0.2, -0.15) is 0 Å². The minimum Gasteiger partial charge on any atom is -0.496 e. The Morgan fingerprint density at radius 3 is 2.44 bits per heavy atom. The van der Waals surface area contributed by atoms with Gasteiger partial charge in [-0.15, -0.1) is 0 Å². The van der Waals surface area contributed by atoms with Gasteiger partial charge in [-0.1, -0.05) is 42.7 Å². The van der Waals surface area contributed by atoms with Crippen molar-refractivity contribution in [2.24, 2.45) is 0 Å². The maximum absolute atomic E-state index is 13.4. The van der Waals surface area contributed by atoms with Crippen LogP contribution in [0, 0.1) is 0 Å². The average molecular weight is 492 g/mol. The number of allylic oxidation sites excluding steroid dienone is 1. The second kappa shape index (κ2) is 12.6. The van der Waals surface area contributed by atoms with E-state index in [2.05, 4.69) is 11.4 Å². The number of carbonyl (C=O) groups excluding carboxylic acids is 2. The van der Waals surface area contributed by atoms with Crippen LogP contribution in [-0.2, 0) is 6.54 Å². The van der Waals surface area contributed by atoms with E-state index >= 15 is 0 Å². The molecule has 7 nitrogen and oxygen atoms in total. The zero-order valence-electron chi connectivity index (χ0n) is 21.3. The molecule has 1 aromatic carbocycles. The Morgan fingerprint density at radius 2 is 1.72 bits per heavy atom. The van der Waals surface area contributed by atoms with Gasteiger partial charge in [0.05, 0.1) is 13.7 Å². The number of hydrogen-bond acceptors (Lipinski definition) is 4. The molecule has 1 fully saturated rings. The number of nitrogens with one attached hydrogen (secondary N) is 1. The third-order valence-electron chi connectivity index (χ3n) is 7.11. The van der Waals surface area contributed by atoms with Gasteiger partial charge in [0.2, 0.25) is 5.43 Å². The second-order valence-corrected chi connectivity index (χ2v) is 9.72. The van der Waals surface area contributed by atoms with Gasteiger partial charge in [0.15, 0.2) is 0 Å². The second-order valence-electron chi connectivity index (χ2n) is 9.72. The van der Waals surface area contributed by atoms with Crippen LogP contribution in [0.4, 0.5) is 0 Å². The number of pyridine rings is 1. The van der Waals surface area contributed by atoms with Crippen molar-refractivity contribution in [3.8, 4) is 5.75 Å². The molecule has 192 valence electrons. The first kappa shape index (κ1) is 25.7. The normalized spacial score (nSPS) is 16.1. The van der Waals surface area contributed by atoms with Gasteiger partial charge < -0.3 is 19.5 Å². The van der Waals surface area contributed by atoms with Crippen LogP contribution in [-0.4, -0.2) is 48.0 Å². The lowest BCUT2D eigenvalue weighted by atomic mass is 9.97. The van der Waals surface area contributed by atoms with Gasteiger partial charge in [-0.05, 0) is 51.0 Å². The van der Waals surface area contributed by atoms with Crippen LogP contribution in [0.3, 0.4) is 0 Å². The molecule has 2 amide bonds. The van der Waals surface area contributed by atoms with Crippen LogP contribution in [0.2, 0.25) is 0 Å². The summed E-state index contributed by atoms with van der Waals surface area (Å²) in [6.45, 7) is 2.12. The maximum Gasteiger partial charge on any atom is 0.259 e. The summed E-state index contributed by atoms with van der Waals surface area (Å²) in [5, 5.41) is 2.91. The summed E-state index contributed by atoms with van der Waals surface area (Å²) < 4.78 is 7.23. The molecule has 0 atom stereocenters. The number of nitrogens with zero attached hydrogens (tertiary/aromatic N) is 2. The summed E-state index contributed by atoms with van der Waals surface area (Å²) in [7, 11) is 1.61. The molecular formula is C29H37N3O4. The van der Waals surface area contributed by atoms with Crippen LogP contribution >= 0.6 is 0 Å². The highest BCUT2D eigenvalue weighted by Gasteiger charge is 2.24. The molecule has 36 heavy (non-hydrogen) atoms. The highest BCUT2D eigenvalue weighted by molar-refractivity contribution is 5.99. The van der Waals surface area contributed by atoms with Crippen molar-refractivity contribution >= 4 is 11.8 Å². The average Bonchev–Trinajstić information content (AvgIpc) is 3.20. The van der Waals surface area contributed by atoms with Gasteiger partial charge in [-0.25, -0.2) is 0 Å². The van der Waals surface area contributed by atoms with Crippen molar-refractivity contribution in [3.63, 3.8) is 0 Å². The molecular weight excluding hydrogens is 454 g/mol. The lowest BCUT2D eigenvalue weighted by Crippen LogP contribution is -2.38. The van der Waals surface area contributed by atoms with E-state index in [0.717, 1.165) is 50.5 Å². The molecule has 2 heterocycles. The standard InChI is InChI=1S/C29H37N3O4/c1-36-26-14-8-7-13-23(26)19-31-20-24(28(34)30-16-15-22-11-5-4-6-12-22)27(33)25(21-31)29(35)32-17-9-2-3-10-18-32/h7-8,11,13-14,20-21H,2-6,9-10,12,15-19H2,1H3,(H,30,34).